The van der Waals surface area contributed by atoms with Crippen molar-refractivity contribution in [3.05, 3.63) is 35.1 Å². The van der Waals surface area contributed by atoms with Crippen LogP contribution in [0.25, 0.3) is 0 Å². The van der Waals surface area contributed by atoms with Crippen molar-refractivity contribution in [2.24, 2.45) is 10.9 Å². The second-order valence-electron chi connectivity index (χ2n) is 3.45. The zero-order chi connectivity index (χ0) is 11.7. The Bertz CT molecular complexity index is 448. The normalized spacial score (nSPS) is 19.5. The summed E-state index contributed by atoms with van der Waals surface area (Å²) in [6.07, 6.45) is -0.0408. The maximum absolute atomic E-state index is 13.3. The number of hydrogen-bond donors (Lipinski definition) is 1. The van der Waals surface area contributed by atoms with Crippen LogP contribution in [0.3, 0.4) is 0 Å². The lowest BCUT2D eigenvalue weighted by Gasteiger charge is -2.03. The molecule has 1 atom stereocenters. The van der Waals surface area contributed by atoms with Crippen LogP contribution in [-0.2, 0) is 4.84 Å². The van der Waals surface area contributed by atoms with Gasteiger partial charge in [-0.3, -0.25) is 0 Å². The molecule has 1 aromatic rings. The van der Waals surface area contributed by atoms with E-state index in [1.165, 1.54) is 0 Å². The van der Waals surface area contributed by atoms with Gasteiger partial charge >= 0.3 is 0 Å². The highest BCUT2D eigenvalue weighted by Gasteiger charge is 2.24. The van der Waals surface area contributed by atoms with Crippen molar-refractivity contribution in [2.75, 3.05) is 6.54 Å². The summed E-state index contributed by atoms with van der Waals surface area (Å²) in [5.41, 5.74) is 5.49. The molecule has 2 N–H and O–H groups in total. The smallest absolute Gasteiger partial charge is 0.161 e. The van der Waals surface area contributed by atoms with E-state index >= 15 is 0 Å². The lowest BCUT2D eigenvalue weighted by Crippen LogP contribution is -2.20. The van der Waals surface area contributed by atoms with Gasteiger partial charge in [-0.05, 0) is 6.07 Å². The first-order valence-electron chi connectivity index (χ1n) is 4.69. The first-order valence-corrected chi connectivity index (χ1v) is 4.69. The van der Waals surface area contributed by atoms with Crippen LogP contribution in [-0.4, -0.2) is 18.4 Å². The summed E-state index contributed by atoms with van der Waals surface area (Å²) in [7, 11) is 0. The highest BCUT2D eigenvalue weighted by atomic mass is 19.2. The fourth-order valence-corrected chi connectivity index (χ4v) is 1.46. The Balaban J connectivity index is 2.32. The molecule has 0 fully saturated rings. The number of benzene rings is 1. The summed E-state index contributed by atoms with van der Waals surface area (Å²) in [6.45, 7) is 0.234. The quantitative estimate of drug-likeness (QED) is 0.783. The molecular weight excluding hydrogens is 221 g/mol. The average molecular weight is 230 g/mol. The van der Waals surface area contributed by atoms with Crippen LogP contribution in [0.4, 0.5) is 13.2 Å². The molecule has 3 nitrogen and oxygen atoms in total. The molecule has 0 aliphatic carbocycles. The third kappa shape index (κ3) is 1.88. The van der Waals surface area contributed by atoms with Gasteiger partial charge < -0.3 is 10.6 Å². The van der Waals surface area contributed by atoms with Gasteiger partial charge in [0.05, 0.1) is 5.71 Å². The Labute approximate surface area is 89.7 Å². The minimum Gasteiger partial charge on any atom is -0.390 e. The van der Waals surface area contributed by atoms with Gasteiger partial charge in [0.2, 0.25) is 0 Å². The monoisotopic (exact) mass is 230 g/mol. The molecule has 0 bridgehead atoms. The summed E-state index contributed by atoms with van der Waals surface area (Å²) >= 11 is 0. The van der Waals surface area contributed by atoms with Crippen molar-refractivity contribution in [3.63, 3.8) is 0 Å². The molecule has 6 heteroatoms. The third-order valence-corrected chi connectivity index (χ3v) is 2.32. The molecular formula is C10H9F3N2O. The van der Waals surface area contributed by atoms with Crippen LogP contribution in [0.5, 0.6) is 0 Å². The number of oxime groups is 1. The zero-order valence-electron chi connectivity index (χ0n) is 8.21. The molecule has 1 heterocycles. The van der Waals surface area contributed by atoms with Gasteiger partial charge in [-0.15, -0.1) is 0 Å². The highest BCUT2D eigenvalue weighted by Crippen LogP contribution is 2.20. The molecule has 2 rings (SSSR count). The topological polar surface area (TPSA) is 47.6 Å². The van der Waals surface area contributed by atoms with E-state index in [1.807, 2.05) is 0 Å². The Kier molecular flexibility index (Phi) is 2.82. The van der Waals surface area contributed by atoms with E-state index in [2.05, 4.69) is 5.16 Å². The fourth-order valence-electron chi connectivity index (χ4n) is 1.46. The van der Waals surface area contributed by atoms with Crippen LogP contribution < -0.4 is 5.73 Å². The van der Waals surface area contributed by atoms with E-state index < -0.39 is 17.5 Å². The molecule has 1 unspecified atom stereocenters. The molecule has 0 amide bonds. The first kappa shape index (κ1) is 10.9. The molecule has 0 radical (unpaired) electrons. The zero-order valence-corrected chi connectivity index (χ0v) is 8.21. The lowest BCUT2D eigenvalue weighted by atomic mass is 10.0. The maximum Gasteiger partial charge on any atom is 0.161 e. The Morgan fingerprint density at radius 3 is 2.56 bits per heavy atom. The minimum absolute atomic E-state index is 0.0881. The van der Waals surface area contributed by atoms with Gasteiger partial charge in [0.25, 0.3) is 0 Å². The predicted octanol–water partition coefficient (Wildman–Crippen LogP) is 1.56. The van der Waals surface area contributed by atoms with E-state index in [0.717, 1.165) is 6.07 Å². The summed E-state index contributed by atoms with van der Waals surface area (Å²) in [5, 5.41) is 3.60. The number of halogens is 3. The van der Waals surface area contributed by atoms with Crippen molar-refractivity contribution in [1.82, 2.24) is 0 Å². The van der Waals surface area contributed by atoms with Gasteiger partial charge in [0, 0.05) is 24.6 Å². The number of nitrogens with two attached hydrogens (primary N) is 1. The summed E-state index contributed by atoms with van der Waals surface area (Å²) in [5.74, 6) is -3.20. The summed E-state index contributed by atoms with van der Waals surface area (Å²) in [4.78, 5) is 4.87. The lowest BCUT2D eigenvalue weighted by molar-refractivity contribution is 0.0918. The fraction of sp³-hybridized carbons (Fsp3) is 0.300. The Morgan fingerprint density at radius 1 is 1.25 bits per heavy atom. The van der Waals surface area contributed by atoms with Crippen molar-refractivity contribution in [3.8, 4) is 0 Å². The maximum atomic E-state index is 13.3. The second kappa shape index (κ2) is 4.13. The van der Waals surface area contributed by atoms with E-state index in [0.29, 0.717) is 12.5 Å². The average Bonchev–Trinajstić information content (AvgIpc) is 2.71. The summed E-state index contributed by atoms with van der Waals surface area (Å²) < 4.78 is 39.0. The van der Waals surface area contributed by atoms with Gasteiger partial charge in [0.1, 0.15) is 11.9 Å². The predicted molar refractivity (Wildman–Crippen MR) is 51.4 cm³/mol. The molecule has 0 aromatic heterocycles. The van der Waals surface area contributed by atoms with Gasteiger partial charge in [-0.2, -0.15) is 0 Å². The highest BCUT2D eigenvalue weighted by molar-refractivity contribution is 6.01. The molecule has 86 valence electrons. The van der Waals surface area contributed by atoms with Crippen LogP contribution in [0, 0.1) is 17.5 Å². The van der Waals surface area contributed by atoms with E-state index in [9.17, 15) is 13.2 Å². The Hall–Kier alpha value is -1.56. The number of hydrogen-bond acceptors (Lipinski definition) is 3. The molecule has 0 saturated heterocycles. The molecule has 0 spiro atoms. The van der Waals surface area contributed by atoms with Gasteiger partial charge in [-0.25, -0.2) is 13.2 Å². The standard InChI is InChI=1S/C10H9F3N2O/c11-7-3-9(13)8(12)2-6(7)10-1-5(4-14)16-15-10/h2-3,5H,1,4,14H2. The van der Waals surface area contributed by atoms with Crippen LogP contribution >= 0.6 is 0 Å². The van der Waals surface area contributed by atoms with Crippen LogP contribution in [0.15, 0.2) is 17.3 Å². The van der Waals surface area contributed by atoms with Crippen LogP contribution in [0.1, 0.15) is 12.0 Å². The molecule has 0 saturated carbocycles. The van der Waals surface area contributed by atoms with Gasteiger partial charge in [0.15, 0.2) is 11.6 Å². The van der Waals surface area contributed by atoms with E-state index in [1.54, 1.807) is 0 Å². The molecule has 16 heavy (non-hydrogen) atoms. The van der Waals surface area contributed by atoms with Crippen LogP contribution in [0.2, 0.25) is 0 Å². The second-order valence-corrected chi connectivity index (χ2v) is 3.45. The van der Waals surface area contributed by atoms with Crippen molar-refractivity contribution in [2.45, 2.75) is 12.5 Å². The van der Waals surface area contributed by atoms with Crippen molar-refractivity contribution < 1.29 is 18.0 Å². The molecule has 1 aromatic carbocycles. The Morgan fingerprint density at radius 2 is 1.94 bits per heavy atom. The number of rotatable bonds is 2. The van der Waals surface area contributed by atoms with Crippen molar-refractivity contribution in [1.29, 1.82) is 0 Å². The molecule has 1 aliphatic heterocycles. The molecule has 1 aliphatic rings. The first-order chi connectivity index (χ1) is 7.61. The van der Waals surface area contributed by atoms with Crippen molar-refractivity contribution >= 4 is 5.71 Å². The van der Waals surface area contributed by atoms with Gasteiger partial charge in [-0.1, -0.05) is 5.16 Å². The number of nitrogens with zero attached hydrogens (tertiary/aromatic N) is 1. The SMILES string of the molecule is NCC1CC(c2cc(F)c(F)cc2F)=NO1. The van der Waals surface area contributed by atoms with E-state index in [-0.39, 0.29) is 23.9 Å². The summed E-state index contributed by atoms with van der Waals surface area (Å²) in [6, 6.07) is 1.26. The van der Waals surface area contributed by atoms with E-state index in [4.69, 9.17) is 10.6 Å². The minimum atomic E-state index is -1.23. The third-order valence-electron chi connectivity index (χ3n) is 2.32. The largest absolute Gasteiger partial charge is 0.390 e.